The lowest BCUT2D eigenvalue weighted by Crippen LogP contribution is -2.28. The SMILES string of the molecule is CN(Cc1ccccc1F)C(=O)c1cccc(S(=O)(=O)N(C)c2ccccc2)c1. The molecular formula is C22H21FN2O3S. The molecule has 0 heterocycles. The lowest BCUT2D eigenvalue weighted by atomic mass is 10.1. The molecule has 150 valence electrons. The van der Waals surface area contributed by atoms with Crippen LogP contribution in [-0.4, -0.2) is 33.3 Å². The summed E-state index contributed by atoms with van der Waals surface area (Å²) in [7, 11) is -0.827. The third-order valence-electron chi connectivity index (χ3n) is 4.57. The minimum absolute atomic E-state index is 0.00833. The fraction of sp³-hybridized carbons (Fsp3) is 0.136. The summed E-state index contributed by atoms with van der Waals surface area (Å²) in [5, 5.41) is 0. The zero-order valence-electron chi connectivity index (χ0n) is 16.1. The minimum atomic E-state index is -3.84. The number of amides is 1. The van der Waals surface area contributed by atoms with Crippen molar-refractivity contribution < 1.29 is 17.6 Å². The summed E-state index contributed by atoms with van der Waals surface area (Å²) in [5.41, 5.74) is 1.11. The maximum Gasteiger partial charge on any atom is 0.264 e. The van der Waals surface area contributed by atoms with E-state index in [-0.39, 0.29) is 17.0 Å². The first-order valence-corrected chi connectivity index (χ1v) is 10.4. The van der Waals surface area contributed by atoms with Gasteiger partial charge in [-0.3, -0.25) is 9.10 Å². The van der Waals surface area contributed by atoms with Gasteiger partial charge in [-0.2, -0.15) is 0 Å². The molecular weight excluding hydrogens is 391 g/mol. The second-order valence-corrected chi connectivity index (χ2v) is 8.56. The largest absolute Gasteiger partial charge is 0.337 e. The van der Waals surface area contributed by atoms with Crippen LogP contribution in [0.5, 0.6) is 0 Å². The van der Waals surface area contributed by atoms with Crippen LogP contribution in [0.4, 0.5) is 10.1 Å². The molecule has 0 N–H and O–H groups in total. The molecule has 3 aromatic rings. The summed E-state index contributed by atoms with van der Waals surface area (Å²) in [6.07, 6.45) is 0. The van der Waals surface area contributed by atoms with Crippen molar-refractivity contribution in [2.75, 3.05) is 18.4 Å². The summed E-state index contributed by atoms with van der Waals surface area (Å²) >= 11 is 0. The van der Waals surface area contributed by atoms with Gasteiger partial charge in [0.2, 0.25) is 0 Å². The Labute approximate surface area is 170 Å². The van der Waals surface area contributed by atoms with Gasteiger partial charge >= 0.3 is 0 Å². The number of para-hydroxylation sites is 1. The van der Waals surface area contributed by atoms with Crippen LogP contribution in [0, 0.1) is 5.82 Å². The number of halogens is 1. The maximum absolute atomic E-state index is 13.9. The Morgan fingerprint density at radius 3 is 2.24 bits per heavy atom. The van der Waals surface area contributed by atoms with E-state index in [1.54, 1.807) is 61.6 Å². The number of hydrogen-bond donors (Lipinski definition) is 0. The molecule has 29 heavy (non-hydrogen) atoms. The van der Waals surface area contributed by atoms with Crippen molar-refractivity contribution in [2.24, 2.45) is 0 Å². The van der Waals surface area contributed by atoms with Crippen molar-refractivity contribution in [3.8, 4) is 0 Å². The smallest absolute Gasteiger partial charge is 0.264 e. The monoisotopic (exact) mass is 412 g/mol. The van der Waals surface area contributed by atoms with Crippen molar-refractivity contribution in [1.82, 2.24) is 4.90 Å². The highest BCUT2D eigenvalue weighted by molar-refractivity contribution is 7.92. The van der Waals surface area contributed by atoms with Gasteiger partial charge in [0, 0.05) is 31.8 Å². The topological polar surface area (TPSA) is 57.7 Å². The number of hydrogen-bond acceptors (Lipinski definition) is 3. The molecule has 0 aromatic heterocycles. The predicted molar refractivity (Wildman–Crippen MR) is 111 cm³/mol. The summed E-state index contributed by atoms with van der Waals surface area (Å²) in [6, 6.07) is 20.8. The molecule has 3 aromatic carbocycles. The van der Waals surface area contributed by atoms with Crippen molar-refractivity contribution in [1.29, 1.82) is 0 Å². The van der Waals surface area contributed by atoms with Crippen LogP contribution in [0.1, 0.15) is 15.9 Å². The van der Waals surface area contributed by atoms with Crippen molar-refractivity contribution >= 4 is 21.6 Å². The van der Waals surface area contributed by atoms with Gasteiger partial charge in [-0.05, 0) is 36.4 Å². The molecule has 1 amide bonds. The Morgan fingerprint density at radius 2 is 1.55 bits per heavy atom. The van der Waals surface area contributed by atoms with Crippen LogP contribution in [0.2, 0.25) is 0 Å². The predicted octanol–water partition coefficient (Wildman–Crippen LogP) is 3.92. The summed E-state index contributed by atoms with van der Waals surface area (Å²) < 4.78 is 41.0. The van der Waals surface area contributed by atoms with E-state index in [2.05, 4.69) is 0 Å². The molecule has 0 bridgehead atoms. The second kappa shape index (κ2) is 8.45. The van der Waals surface area contributed by atoms with E-state index in [0.717, 1.165) is 0 Å². The van der Waals surface area contributed by atoms with Gasteiger partial charge in [-0.15, -0.1) is 0 Å². The number of anilines is 1. The Kier molecular flexibility index (Phi) is 5.98. The Morgan fingerprint density at radius 1 is 0.897 bits per heavy atom. The molecule has 7 heteroatoms. The fourth-order valence-corrected chi connectivity index (χ4v) is 4.14. The highest BCUT2D eigenvalue weighted by atomic mass is 32.2. The maximum atomic E-state index is 13.9. The molecule has 3 rings (SSSR count). The van der Waals surface area contributed by atoms with Crippen molar-refractivity contribution in [3.63, 3.8) is 0 Å². The molecule has 0 aliphatic rings. The summed E-state index contributed by atoms with van der Waals surface area (Å²) in [6.45, 7) is 0.0758. The van der Waals surface area contributed by atoms with E-state index in [0.29, 0.717) is 11.3 Å². The van der Waals surface area contributed by atoms with Gasteiger partial charge < -0.3 is 4.90 Å². The van der Waals surface area contributed by atoms with E-state index < -0.39 is 21.7 Å². The van der Waals surface area contributed by atoms with Gasteiger partial charge in [0.1, 0.15) is 5.82 Å². The Hall–Kier alpha value is -3.19. The normalized spacial score (nSPS) is 11.1. The van der Waals surface area contributed by atoms with Gasteiger partial charge in [-0.1, -0.05) is 42.5 Å². The lowest BCUT2D eigenvalue weighted by Gasteiger charge is -2.21. The van der Waals surface area contributed by atoms with Crippen LogP contribution in [0.15, 0.2) is 83.8 Å². The van der Waals surface area contributed by atoms with Crippen LogP contribution in [-0.2, 0) is 16.6 Å². The highest BCUT2D eigenvalue weighted by Gasteiger charge is 2.23. The third-order valence-corrected chi connectivity index (χ3v) is 6.35. The zero-order chi connectivity index (χ0) is 21.0. The zero-order valence-corrected chi connectivity index (χ0v) is 16.9. The number of benzene rings is 3. The molecule has 0 saturated carbocycles. The van der Waals surface area contributed by atoms with Crippen LogP contribution in [0.25, 0.3) is 0 Å². The van der Waals surface area contributed by atoms with Crippen LogP contribution >= 0.6 is 0 Å². The highest BCUT2D eigenvalue weighted by Crippen LogP contribution is 2.23. The van der Waals surface area contributed by atoms with Crippen molar-refractivity contribution in [2.45, 2.75) is 11.4 Å². The molecule has 0 radical (unpaired) electrons. The van der Waals surface area contributed by atoms with E-state index in [9.17, 15) is 17.6 Å². The van der Waals surface area contributed by atoms with E-state index >= 15 is 0 Å². The first-order valence-electron chi connectivity index (χ1n) is 8.93. The number of nitrogens with zero attached hydrogens (tertiary/aromatic N) is 2. The van der Waals surface area contributed by atoms with Crippen LogP contribution < -0.4 is 4.31 Å². The summed E-state index contributed by atoms with van der Waals surface area (Å²) in [4.78, 5) is 14.1. The average Bonchev–Trinajstić information content (AvgIpc) is 2.75. The van der Waals surface area contributed by atoms with E-state index in [1.165, 1.54) is 40.5 Å². The molecule has 5 nitrogen and oxygen atoms in total. The van der Waals surface area contributed by atoms with Crippen LogP contribution in [0.3, 0.4) is 0 Å². The second-order valence-electron chi connectivity index (χ2n) is 6.59. The molecule has 0 unspecified atom stereocenters. The number of rotatable bonds is 6. The molecule has 0 spiro atoms. The molecule has 0 aliphatic heterocycles. The summed E-state index contributed by atoms with van der Waals surface area (Å²) in [5.74, 6) is -0.791. The average molecular weight is 412 g/mol. The van der Waals surface area contributed by atoms with Gasteiger partial charge in [0.15, 0.2) is 0 Å². The van der Waals surface area contributed by atoms with Gasteiger partial charge in [0.25, 0.3) is 15.9 Å². The molecule has 0 saturated heterocycles. The Balaban J connectivity index is 1.85. The van der Waals surface area contributed by atoms with E-state index in [4.69, 9.17) is 0 Å². The van der Waals surface area contributed by atoms with Gasteiger partial charge in [-0.25, -0.2) is 12.8 Å². The first kappa shape index (κ1) is 20.5. The lowest BCUT2D eigenvalue weighted by molar-refractivity contribution is 0.0783. The number of carbonyl (C=O) groups excluding carboxylic acids is 1. The van der Waals surface area contributed by atoms with Crippen molar-refractivity contribution in [3.05, 3.63) is 95.8 Å². The Bertz CT molecular complexity index is 1120. The van der Waals surface area contributed by atoms with E-state index in [1.807, 2.05) is 0 Å². The number of carbonyl (C=O) groups is 1. The minimum Gasteiger partial charge on any atom is -0.337 e. The first-order chi connectivity index (χ1) is 13.8. The quantitative estimate of drug-likeness (QED) is 0.617. The molecule has 0 fully saturated rings. The third kappa shape index (κ3) is 4.46. The molecule has 0 aliphatic carbocycles. The van der Waals surface area contributed by atoms with Gasteiger partial charge in [0.05, 0.1) is 10.6 Å². The standard InChI is InChI=1S/C22H21FN2O3S/c1-24(16-18-9-6-7-14-21(18)23)22(26)17-10-8-13-20(15-17)29(27,28)25(2)19-11-4-3-5-12-19/h3-15H,16H2,1-2H3. The molecule has 0 atom stereocenters. The number of sulfonamides is 1. The fourth-order valence-electron chi connectivity index (χ4n) is 2.90.